The molecule has 0 bridgehead atoms. The third-order valence-electron chi connectivity index (χ3n) is 3.32. The molecule has 3 aromatic heterocycles. The van der Waals surface area contributed by atoms with E-state index in [0.717, 1.165) is 17.0 Å². The number of anilines is 1. The maximum absolute atomic E-state index is 12.3. The molecule has 0 saturated carbocycles. The van der Waals surface area contributed by atoms with Gasteiger partial charge in [-0.1, -0.05) is 0 Å². The maximum atomic E-state index is 12.3. The molecule has 2 N–H and O–H groups in total. The van der Waals surface area contributed by atoms with Crippen molar-refractivity contribution in [1.29, 1.82) is 0 Å². The fourth-order valence-corrected chi connectivity index (χ4v) is 2.54. The van der Waals surface area contributed by atoms with E-state index >= 15 is 0 Å². The van der Waals surface area contributed by atoms with Gasteiger partial charge in [0.2, 0.25) is 5.88 Å². The number of alkyl halides is 1. The van der Waals surface area contributed by atoms with E-state index in [1.54, 1.807) is 0 Å². The molecule has 0 aromatic carbocycles. The lowest BCUT2D eigenvalue weighted by Gasteiger charge is -2.11. The van der Waals surface area contributed by atoms with Gasteiger partial charge in [-0.15, -0.1) is 0 Å². The van der Waals surface area contributed by atoms with Crippen LogP contribution in [0.15, 0.2) is 22.9 Å². The lowest BCUT2D eigenvalue weighted by molar-refractivity contribution is 0.262. The fraction of sp³-hybridized carbons (Fsp3) is 0.286. The maximum Gasteiger partial charge on any atom is 0.254 e. The Hall–Kier alpha value is -2.29. The van der Waals surface area contributed by atoms with Crippen LogP contribution in [0.25, 0.3) is 5.78 Å². The second-order valence-electron chi connectivity index (χ2n) is 4.84. The average molecular weight is 381 g/mol. The van der Waals surface area contributed by atoms with Crippen LogP contribution in [0.3, 0.4) is 0 Å². The Balaban J connectivity index is 1.95. The van der Waals surface area contributed by atoms with Crippen molar-refractivity contribution in [3.8, 4) is 5.88 Å². The van der Waals surface area contributed by atoms with Crippen LogP contribution in [0.1, 0.15) is 17.0 Å². The van der Waals surface area contributed by atoms with Gasteiger partial charge in [-0.05, 0) is 35.0 Å². The summed E-state index contributed by atoms with van der Waals surface area (Å²) in [4.78, 5) is 12.8. The largest absolute Gasteiger partial charge is 0.474 e. The number of nitrogens with two attached hydrogens (primary N) is 1. The number of nitrogens with zero attached hydrogens (tertiary/aromatic N) is 5. The van der Waals surface area contributed by atoms with Gasteiger partial charge in [-0.25, -0.2) is 14.4 Å². The monoisotopic (exact) mass is 380 g/mol. The van der Waals surface area contributed by atoms with E-state index in [9.17, 15) is 4.39 Å². The molecular formula is C14H14BrFN6O. The number of nitrogen functional groups attached to an aromatic ring is 1. The third-order valence-corrected chi connectivity index (χ3v) is 3.92. The van der Waals surface area contributed by atoms with Crippen molar-refractivity contribution in [3.63, 3.8) is 0 Å². The summed E-state index contributed by atoms with van der Waals surface area (Å²) < 4.78 is 19.7. The minimum Gasteiger partial charge on any atom is -0.474 e. The Morgan fingerprint density at radius 3 is 2.96 bits per heavy atom. The van der Waals surface area contributed by atoms with E-state index in [1.165, 1.54) is 10.8 Å². The van der Waals surface area contributed by atoms with Crippen LogP contribution in [0.4, 0.5) is 10.2 Å². The molecule has 0 fully saturated rings. The molecule has 3 aromatic rings. The summed E-state index contributed by atoms with van der Waals surface area (Å²) in [5, 5.41) is 4.06. The first-order chi connectivity index (χ1) is 11.1. The standard InChI is InChI=1S/C14H14BrFN6O/c1-8-10(12(17)22-14(20-8)18-7-19-22)6-9-2-3-11(15)13(21-9)23-5-4-16/h2-3,7H,4-6,17H2,1H3. The van der Waals surface area contributed by atoms with Gasteiger partial charge >= 0.3 is 0 Å². The van der Waals surface area contributed by atoms with Crippen molar-refractivity contribution in [3.05, 3.63) is 39.9 Å². The van der Waals surface area contributed by atoms with Crippen molar-refractivity contribution in [2.75, 3.05) is 19.0 Å². The molecule has 120 valence electrons. The van der Waals surface area contributed by atoms with E-state index < -0.39 is 6.67 Å². The second-order valence-corrected chi connectivity index (χ2v) is 5.69. The van der Waals surface area contributed by atoms with Crippen molar-refractivity contribution < 1.29 is 9.13 Å². The molecule has 0 radical (unpaired) electrons. The highest BCUT2D eigenvalue weighted by Gasteiger charge is 2.14. The molecule has 0 unspecified atom stereocenters. The molecular weight excluding hydrogens is 367 g/mol. The van der Waals surface area contributed by atoms with Crippen LogP contribution in [-0.4, -0.2) is 37.8 Å². The molecule has 0 amide bonds. The van der Waals surface area contributed by atoms with Gasteiger partial charge in [0.15, 0.2) is 0 Å². The SMILES string of the molecule is Cc1nc2ncnn2c(N)c1Cc1ccc(Br)c(OCCF)n1. The van der Waals surface area contributed by atoms with Crippen LogP contribution in [0, 0.1) is 6.92 Å². The fourth-order valence-electron chi connectivity index (χ4n) is 2.21. The predicted molar refractivity (Wildman–Crippen MR) is 86.1 cm³/mol. The first-order valence-electron chi connectivity index (χ1n) is 6.89. The van der Waals surface area contributed by atoms with Crippen LogP contribution >= 0.6 is 15.9 Å². The summed E-state index contributed by atoms with van der Waals surface area (Å²) in [6.07, 6.45) is 1.86. The summed E-state index contributed by atoms with van der Waals surface area (Å²) >= 11 is 3.33. The van der Waals surface area contributed by atoms with Crippen molar-refractivity contribution in [2.24, 2.45) is 0 Å². The van der Waals surface area contributed by atoms with E-state index in [4.69, 9.17) is 10.5 Å². The summed E-state index contributed by atoms with van der Waals surface area (Å²) in [7, 11) is 0. The van der Waals surface area contributed by atoms with E-state index in [1.807, 2.05) is 19.1 Å². The molecule has 3 rings (SSSR count). The Bertz CT molecular complexity index is 853. The van der Waals surface area contributed by atoms with E-state index in [0.29, 0.717) is 28.4 Å². The number of pyridine rings is 1. The molecule has 0 saturated heterocycles. The zero-order chi connectivity index (χ0) is 16.4. The van der Waals surface area contributed by atoms with Gasteiger partial charge in [0.05, 0.1) is 4.47 Å². The van der Waals surface area contributed by atoms with Gasteiger partial charge in [0.1, 0.15) is 25.4 Å². The smallest absolute Gasteiger partial charge is 0.254 e. The van der Waals surface area contributed by atoms with Crippen molar-refractivity contribution in [1.82, 2.24) is 24.6 Å². The van der Waals surface area contributed by atoms with E-state index in [2.05, 4.69) is 36.0 Å². The summed E-state index contributed by atoms with van der Waals surface area (Å²) in [5.41, 5.74) is 8.47. The Morgan fingerprint density at radius 1 is 1.35 bits per heavy atom. The Morgan fingerprint density at radius 2 is 2.17 bits per heavy atom. The summed E-state index contributed by atoms with van der Waals surface area (Å²) in [5.74, 6) is 1.28. The van der Waals surface area contributed by atoms with Crippen molar-refractivity contribution in [2.45, 2.75) is 13.3 Å². The quantitative estimate of drug-likeness (QED) is 0.728. The first kappa shape index (κ1) is 15.6. The van der Waals surface area contributed by atoms with Crippen LogP contribution in [0.5, 0.6) is 5.88 Å². The number of aromatic nitrogens is 5. The highest BCUT2D eigenvalue weighted by Crippen LogP contribution is 2.25. The Labute approximate surface area is 139 Å². The summed E-state index contributed by atoms with van der Waals surface area (Å²) in [6, 6.07) is 3.65. The highest BCUT2D eigenvalue weighted by atomic mass is 79.9. The van der Waals surface area contributed by atoms with Gasteiger partial charge in [-0.3, -0.25) is 0 Å². The summed E-state index contributed by atoms with van der Waals surface area (Å²) in [6.45, 7) is 1.25. The number of fused-ring (bicyclic) bond motifs is 1. The molecule has 3 heterocycles. The number of halogens is 2. The zero-order valence-corrected chi connectivity index (χ0v) is 13.9. The van der Waals surface area contributed by atoms with Gasteiger partial charge in [-0.2, -0.15) is 14.6 Å². The van der Waals surface area contributed by atoms with Crippen LogP contribution < -0.4 is 10.5 Å². The minimum absolute atomic E-state index is 0.0390. The predicted octanol–water partition coefficient (Wildman–Crippen LogP) is 2.11. The molecule has 0 spiro atoms. The van der Waals surface area contributed by atoms with Crippen molar-refractivity contribution >= 4 is 27.5 Å². The molecule has 7 nitrogen and oxygen atoms in total. The first-order valence-corrected chi connectivity index (χ1v) is 7.68. The zero-order valence-electron chi connectivity index (χ0n) is 12.3. The van der Waals surface area contributed by atoms with Crippen LogP contribution in [0.2, 0.25) is 0 Å². The molecule has 0 aliphatic heterocycles. The topological polar surface area (TPSA) is 91.2 Å². The lowest BCUT2D eigenvalue weighted by Crippen LogP contribution is -2.10. The average Bonchev–Trinajstić information content (AvgIpc) is 3.00. The molecule has 0 aliphatic carbocycles. The number of rotatable bonds is 5. The number of hydrogen-bond acceptors (Lipinski definition) is 6. The minimum atomic E-state index is -0.572. The lowest BCUT2D eigenvalue weighted by atomic mass is 10.1. The molecule has 9 heteroatoms. The third kappa shape index (κ3) is 3.09. The number of hydrogen-bond donors (Lipinski definition) is 1. The molecule has 0 aliphatic rings. The number of ether oxygens (including phenoxy) is 1. The molecule has 23 heavy (non-hydrogen) atoms. The van der Waals surface area contributed by atoms with Gasteiger partial charge < -0.3 is 10.5 Å². The van der Waals surface area contributed by atoms with Crippen LogP contribution in [-0.2, 0) is 6.42 Å². The number of aryl methyl sites for hydroxylation is 1. The normalized spacial score (nSPS) is 11.1. The van der Waals surface area contributed by atoms with Gasteiger partial charge in [0, 0.05) is 23.4 Å². The van der Waals surface area contributed by atoms with E-state index in [-0.39, 0.29) is 6.61 Å². The Kier molecular flexibility index (Phi) is 4.37. The highest BCUT2D eigenvalue weighted by molar-refractivity contribution is 9.10. The molecule has 0 atom stereocenters. The van der Waals surface area contributed by atoms with Gasteiger partial charge in [0.25, 0.3) is 5.78 Å². The second kappa shape index (κ2) is 6.45.